The predicted molar refractivity (Wildman–Crippen MR) is 178 cm³/mol. The van der Waals surface area contributed by atoms with E-state index in [0.29, 0.717) is 0 Å². The summed E-state index contributed by atoms with van der Waals surface area (Å²) in [4.78, 5) is 28.6. The van der Waals surface area contributed by atoms with Crippen molar-refractivity contribution in [2.24, 2.45) is 0 Å². The van der Waals surface area contributed by atoms with E-state index in [-0.39, 0.29) is 96.9 Å². The van der Waals surface area contributed by atoms with Crippen LogP contribution in [0.1, 0.15) is 57.5 Å². The van der Waals surface area contributed by atoms with E-state index in [0.717, 1.165) is 0 Å². The van der Waals surface area contributed by atoms with Crippen molar-refractivity contribution >= 4 is 74.8 Å². The van der Waals surface area contributed by atoms with Crippen molar-refractivity contribution in [2.45, 2.75) is 25.7 Å². The van der Waals surface area contributed by atoms with E-state index < -0.39 is 75.1 Å². The van der Waals surface area contributed by atoms with Crippen LogP contribution in [0.4, 0.5) is 22.7 Å². The fourth-order valence-electron chi connectivity index (χ4n) is 4.90. The summed E-state index contributed by atoms with van der Waals surface area (Å²) < 4.78 is 126. The summed E-state index contributed by atoms with van der Waals surface area (Å²) in [6.45, 7) is -0.175. The maximum Gasteiger partial charge on any atom is 0.264 e. The highest BCUT2D eigenvalue weighted by atomic mass is 32.2. The molecule has 22 heteroatoms. The first-order valence-electron chi connectivity index (χ1n) is 14.4. The zero-order valence-electron chi connectivity index (χ0n) is 25.3. The fraction of sp³-hybridized carbons (Fsp3) is 0.462. The molecule has 8 N–H and O–H groups in total. The maximum absolute atomic E-state index is 14.3. The predicted octanol–water partition coefficient (Wildman–Crippen LogP) is 1.22. The number of hydrogen-bond acceptors (Lipinski definition) is 14. The monoisotopic (exact) mass is 756 g/mol. The average molecular weight is 757 g/mol. The maximum atomic E-state index is 14.3. The lowest BCUT2D eigenvalue weighted by Crippen LogP contribution is -2.27. The molecule has 268 valence electrons. The summed E-state index contributed by atoms with van der Waals surface area (Å²) in [6.07, 6.45) is -0.277. The van der Waals surface area contributed by atoms with E-state index in [4.69, 9.17) is 18.2 Å². The van der Waals surface area contributed by atoms with Crippen LogP contribution in [0.15, 0.2) is 24.3 Å². The molecular formula is C26H36N4O14S4. The summed E-state index contributed by atoms with van der Waals surface area (Å²) in [6, 6.07) is 5.74. The number of rotatable bonds is 20. The molecule has 48 heavy (non-hydrogen) atoms. The van der Waals surface area contributed by atoms with Crippen molar-refractivity contribution in [3.63, 3.8) is 0 Å². The number of anilines is 4. The van der Waals surface area contributed by atoms with Crippen LogP contribution in [-0.2, 0) is 40.5 Å². The van der Waals surface area contributed by atoms with E-state index >= 15 is 0 Å². The molecule has 0 saturated heterocycles. The molecule has 0 aromatic heterocycles. The van der Waals surface area contributed by atoms with Gasteiger partial charge in [0.2, 0.25) is 0 Å². The smallest absolute Gasteiger partial charge is 0.264 e. The number of hydrogen-bond donors (Lipinski definition) is 8. The quantitative estimate of drug-likeness (QED) is 0.0594. The average Bonchev–Trinajstić information content (AvgIpc) is 2.94. The Balaban J connectivity index is 2.09. The lowest BCUT2D eigenvalue weighted by atomic mass is 9.80. The van der Waals surface area contributed by atoms with Crippen LogP contribution < -0.4 is 21.3 Å². The van der Waals surface area contributed by atoms with E-state index in [9.17, 15) is 43.3 Å². The van der Waals surface area contributed by atoms with Gasteiger partial charge in [0.1, 0.15) is 0 Å². The second-order valence-corrected chi connectivity index (χ2v) is 17.0. The number of benzene rings is 2. The van der Waals surface area contributed by atoms with Gasteiger partial charge in [0, 0.05) is 48.9 Å². The van der Waals surface area contributed by atoms with Crippen molar-refractivity contribution in [1.82, 2.24) is 0 Å². The number of fused-ring (bicyclic) bond motifs is 2. The third-order valence-electron chi connectivity index (χ3n) is 6.90. The molecule has 0 unspecified atom stereocenters. The Hall–Kier alpha value is -3.38. The zero-order valence-corrected chi connectivity index (χ0v) is 28.6. The van der Waals surface area contributed by atoms with Gasteiger partial charge >= 0.3 is 0 Å². The van der Waals surface area contributed by atoms with Crippen molar-refractivity contribution in [3.8, 4) is 0 Å². The summed E-state index contributed by atoms with van der Waals surface area (Å²) in [7, 11) is -17.1. The summed E-state index contributed by atoms with van der Waals surface area (Å²) in [5.41, 5.74) is -0.0544. The first-order chi connectivity index (χ1) is 22.2. The van der Waals surface area contributed by atoms with Crippen molar-refractivity contribution < 1.29 is 61.5 Å². The Morgan fingerprint density at radius 2 is 0.583 bits per heavy atom. The Morgan fingerprint density at radius 1 is 0.396 bits per heavy atom. The van der Waals surface area contributed by atoms with Crippen molar-refractivity contribution in [2.75, 3.05) is 70.5 Å². The van der Waals surface area contributed by atoms with Crippen LogP contribution in [0.3, 0.4) is 0 Å². The number of ketones is 2. The third-order valence-corrected chi connectivity index (χ3v) is 10.1. The Morgan fingerprint density at radius 3 is 0.750 bits per heavy atom. The molecule has 0 fully saturated rings. The molecule has 0 heterocycles. The highest BCUT2D eigenvalue weighted by Crippen LogP contribution is 2.42. The first kappa shape index (κ1) is 39.1. The third kappa shape index (κ3) is 11.9. The van der Waals surface area contributed by atoms with Crippen LogP contribution in [-0.4, -0.2) is 113 Å². The minimum Gasteiger partial charge on any atom is -0.384 e. The summed E-state index contributed by atoms with van der Waals surface area (Å²) in [5, 5.41) is 11.6. The highest BCUT2D eigenvalue weighted by Gasteiger charge is 2.37. The second-order valence-electron chi connectivity index (χ2n) is 10.7. The van der Waals surface area contributed by atoms with Crippen LogP contribution in [0, 0.1) is 0 Å². The zero-order chi connectivity index (χ0) is 35.9. The van der Waals surface area contributed by atoms with E-state index in [2.05, 4.69) is 21.3 Å². The van der Waals surface area contributed by atoms with Gasteiger partial charge < -0.3 is 21.3 Å². The second kappa shape index (κ2) is 15.9. The molecule has 0 spiro atoms. The Labute approximate surface area is 278 Å². The minimum atomic E-state index is -4.28. The van der Waals surface area contributed by atoms with Crippen molar-refractivity contribution in [1.29, 1.82) is 0 Å². The molecule has 0 aliphatic heterocycles. The van der Waals surface area contributed by atoms with Gasteiger partial charge in [-0.2, -0.15) is 33.7 Å². The normalized spacial score (nSPS) is 13.5. The molecule has 3 rings (SSSR count). The van der Waals surface area contributed by atoms with Gasteiger partial charge in [-0.05, 0) is 49.9 Å². The number of carbonyl (C=O) groups excluding carboxylic acids is 2. The van der Waals surface area contributed by atoms with E-state index in [1.54, 1.807) is 0 Å². The van der Waals surface area contributed by atoms with Crippen LogP contribution in [0.5, 0.6) is 0 Å². The lowest BCUT2D eigenvalue weighted by molar-refractivity contribution is 0.0981. The largest absolute Gasteiger partial charge is 0.384 e. The molecule has 0 radical (unpaired) electrons. The molecule has 1 aliphatic carbocycles. The first-order valence-corrected chi connectivity index (χ1v) is 20.8. The van der Waals surface area contributed by atoms with Gasteiger partial charge in [0.25, 0.3) is 40.5 Å². The van der Waals surface area contributed by atoms with Gasteiger partial charge in [-0.15, -0.1) is 0 Å². The van der Waals surface area contributed by atoms with Crippen molar-refractivity contribution in [3.05, 3.63) is 46.5 Å². The summed E-state index contributed by atoms with van der Waals surface area (Å²) in [5.74, 6) is -3.74. The molecule has 0 bridgehead atoms. The number of carbonyl (C=O) groups is 2. The van der Waals surface area contributed by atoms with E-state index in [1.807, 2.05) is 0 Å². The van der Waals surface area contributed by atoms with E-state index in [1.165, 1.54) is 24.3 Å². The van der Waals surface area contributed by atoms with Gasteiger partial charge in [-0.3, -0.25) is 27.8 Å². The molecule has 0 atom stereocenters. The fourth-order valence-corrected chi connectivity index (χ4v) is 6.94. The molecule has 18 nitrogen and oxygen atoms in total. The minimum absolute atomic E-state index is 0.0439. The standard InChI is InChI=1S/C26H36N4O14S4/c31-25-21-17(27-9-1-13-45(33,34)35)5-6-18(28-10-2-14-46(36,37)38)22(21)26(32)24-20(30-12-4-16-48(42,43)44)8-7-19(23(24)25)29-11-3-15-47(39,40)41/h5-8,27-30H,1-4,9-16H2,(H,33,34,35)(H,36,37,38)(H,39,40,41)(H,42,43,44). The molecule has 2 aromatic carbocycles. The Kier molecular flexibility index (Phi) is 12.9. The van der Waals surface area contributed by atoms with Gasteiger partial charge in [-0.1, -0.05) is 0 Å². The molecule has 0 saturated carbocycles. The SMILES string of the molecule is O=C1c2c(NCCCS(=O)(=O)O)ccc(NCCCS(=O)(=O)O)c2C(=O)c2c(NCCCS(=O)(=O)O)ccc(NCCCS(=O)(=O)O)c21. The number of nitrogens with one attached hydrogen (secondary N) is 4. The van der Waals surface area contributed by atoms with Crippen LogP contribution in [0.25, 0.3) is 0 Å². The Bertz CT molecular complexity index is 1700. The highest BCUT2D eigenvalue weighted by molar-refractivity contribution is 7.86. The van der Waals surface area contributed by atoms with Gasteiger partial charge in [0.05, 0.1) is 45.3 Å². The molecule has 2 aromatic rings. The van der Waals surface area contributed by atoms with Crippen LogP contribution in [0.2, 0.25) is 0 Å². The lowest BCUT2D eigenvalue weighted by Gasteiger charge is -2.27. The topological polar surface area (TPSA) is 300 Å². The molecule has 0 amide bonds. The molecule has 1 aliphatic rings. The van der Waals surface area contributed by atoms with Gasteiger partial charge in [0.15, 0.2) is 11.6 Å². The molecular weight excluding hydrogens is 721 g/mol. The van der Waals surface area contributed by atoms with Gasteiger partial charge in [-0.25, -0.2) is 0 Å². The van der Waals surface area contributed by atoms with Crippen LogP contribution >= 0.6 is 0 Å². The summed E-state index contributed by atoms with van der Waals surface area (Å²) >= 11 is 0.